The molecule has 2 N–H and O–H groups in total. The smallest absolute Gasteiger partial charge is 0.153 e. The number of pyridine rings is 1. The lowest BCUT2D eigenvalue weighted by molar-refractivity contribution is 0.483. The van der Waals surface area contributed by atoms with Crippen molar-refractivity contribution in [3.63, 3.8) is 0 Å². The fourth-order valence-electron chi connectivity index (χ4n) is 2.28. The Morgan fingerprint density at radius 2 is 1.80 bits per heavy atom. The highest BCUT2D eigenvalue weighted by molar-refractivity contribution is 5.94. The van der Waals surface area contributed by atoms with E-state index in [1.54, 1.807) is 6.20 Å². The van der Waals surface area contributed by atoms with Crippen molar-refractivity contribution < 1.29 is 4.74 Å². The molecule has 0 atom stereocenters. The lowest BCUT2D eigenvalue weighted by Crippen LogP contribution is -1.93. The number of hydrogen-bond donors (Lipinski definition) is 1. The fraction of sp³-hybridized carbons (Fsp3) is 0.118. The zero-order valence-electron chi connectivity index (χ0n) is 11.6. The number of nitrogens with two attached hydrogens (primary N) is 1. The molecule has 0 aliphatic heterocycles. The van der Waals surface area contributed by atoms with Crippen molar-refractivity contribution in [1.29, 1.82) is 0 Å². The molecule has 0 fully saturated rings. The second kappa shape index (κ2) is 4.85. The van der Waals surface area contributed by atoms with Crippen LogP contribution in [0.15, 0.2) is 48.7 Å². The van der Waals surface area contributed by atoms with Crippen LogP contribution in [0.3, 0.4) is 0 Å². The number of aromatic nitrogens is 1. The lowest BCUT2D eigenvalue weighted by atomic mass is 10.1. The maximum Gasteiger partial charge on any atom is 0.153 e. The maximum atomic E-state index is 6.01. The first-order valence-electron chi connectivity index (χ1n) is 6.53. The van der Waals surface area contributed by atoms with Crippen LogP contribution in [0.2, 0.25) is 0 Å². The first kappa shape index (κ1) is 12.5. The van der Waals surface area contributed by atoms with Gasteiger partial charge in [0.05, 0.1) is 0 Å². The van der Waals surface area contributed by atoms with Gasteiger partial charge in [-0.15, -0.1) is 0 Å². The highest BCUT2D eigenvalue weighted by Gasteiger charge is 2.08. The molecule has 100 valence electrons. The lowest BCUT2D eigenvalue weighted by Gasteiger charge is -2.12. The molecule has 2 aromatic carbocycles. The van der Waals surface area contributed by atoms with Crippen molar-refractivity contribution in [3.05, 3.63) is 59.8 Å². The van der Waals surface area contributed by atoms with Gasteiger partial charge in [-0.1, -0.05) is 17.7 Å². The van der Waals surface area contributed by atoms with Gasteiger partial charge in [0, 0.05) is 17.3 Å². The molecule has 0 radical (unpaired) electrons. The molecule has 1 aromatic heterocycles. The van der Waals surface area contributed by atoms with Crippen LogP contribution in [-0.4, -0.2) is 4.98 Å². The van der Waals surface area contributed by atoms with E-state index >= 15 is 0 Å². The van der Waals surface area contributed by atoms with E-state index in [4.69, 9.17) is 10.5 Å². The van der Waals surface area contributed by atoms with Crippen molar-refractivity contribution in [3.8, 4) is 11.5 Å². The Morgan fingerprint density at radius 3 is 2.60 bits per heavy atom. The van der Waals surface area contributed by atoms with Gasteiger partial charge in [0.25, 0.3) is 0 Å². The van der Waals surface area contributed by atoms with Crippen LogP contribution in [0.25, 0.3) is 10.9 Å². The minimum Gasteiger partial charge on any atom is -0.455 e. The van der Waals surface area contributed by atoms with Gasteiger partial charge in [-0.3, -0.25) is 4.98 Å². The van der Waals surface area contributed by atoms with Gasteiger partial charge in [0.1, 0.15) is 11.3 Å². The second-order valence-corrected chi connectivity index (χ2v) is 4.92. The molecule has 0 saturated carbocycles. The van der Waals surface area contributed by atoms with E-state index in [-0.39, 0.29) is 0 Å². The number of nitrogen functional groups attached to an aromatic ring is 1. The molecule has 3 rings (SSSR count). The quantitative estimate of drug-likeness (QED) is 0.705. The second-order valence-electron chi connectivity index (χ2n) is 4.92. The van der Waals surface area contributed by atoms with Crippen molar-refractivity contribution >= 4 is 16.6 Å². The first-order valence-corrected chi connectivity index (χ1v) is 6.53. The van der Waals surface area contributed by atoms with Gasteiger partial charge >= 0.3 is 0 Å². The van der Waals surface area contributed by atoms with Crippen LogP contribution >= 0.6 is 0 Å². The highest BCUT2D eigenvalue weighted by Crippen LogP contribution is 2.33. The van der Waals surface area contributed by atoms with Crippen molar-refractivity contribution in [1.82, 2.24) is 4.98 Å². The van der Waals surface area contributed by atoms with Gasteiger partial charge in [0.15, 0.2) is 5.75 Å². The Kier molecular flexibility index (Phi) is 3.03. The summed E-state index contributed by atoms with van der Waals surface area (Å²) in [6.07, 6.45) is 1.75. The largest absolute Gasteiger partial charge is 0.455 e. The predicted molar refractivity (Wildman–Crippen MR) is 82.1 cm³/mol. The third kappa shape index (κ3) is 2.18. The normalized spacial score (nSPS) is 10.7. The molecule has 1 heterocycles. The minimum atomic E-state index is 0.709. The number of anilines is 1. The number of nitrogens with zero attached hydrogens (tertiary/aromatic N) is 1. The summed E-state index contributed by atoms with van der Waals surface area (Å²) in [5.74, 6) is 1.56. The Balaban J connectivity index is 2.09. The van der Waals surface area contributed by atoms with Gasteiger partial charge in [-0.2, -0.15) is 0 Å². The van der Waals surface area contributed by atoms with Gasteiger partial charge in [0.2, 0.25) is 0 Å². The molecule has 3 nitrogen and oxygen atoms in total. The zero-order chi connectivity index (χ0) is 14.1. The predicted octanol–water partition coefficient (Wildman–Crippen LogP) is 4.23. The van der Waals surface area contributed by atoms with Crippen LogP contribution < -0.4 is 10.5 Å². The summed E-state index contributed by atoms with van der Waals surface area (Å²) >= 11 is 0. The summed E-state index contributed by atoms with van der Waals surface area (Å²) in [5, 5.41) is 0.912. The molecule has 0 bridgehead atoms. The van der Waals surface area contributed by atoms with E-state index in [1.807, 2.05) is 43.3 Å². The van der Waals surface area contributed by atoms with Crippen LogP contribution in [-0.2, 0) is 0 Å². The van der Waals surface area contributed by atoms with Crippen LogP contribution in [0.4, 0.5) is 5.69 Å². The number of rotatable bonds is 2. The summed E-state index contributed by atoms with van der Waals surface area (Å²) in [6.45, 7) is 4.10. The van der Waals surface area contributed by atoms with E-state index < -0.39 is 0 Å². The third-order valence-electron chi connectivity index (χ3n) is 3.32. The molecular weight excluding hydrogens is 248 g/mol. The molecule has 0 aliphatic carbocycles. The monoisotopic (exact) mass is 264 g/mol. The average Bonchev–Trinajstić information content (AvgIpc) is 2.45. The summed E-state index contributed by atoms with van der Waals surface area (Å²) in [4.78, 5) is 4.38. The molecule has 0 unspecified atom stereocenters. The molecule has 20 heavy (non-hydrogen) atoms. The van der Waals surface area contributed by atoms with E-state index in [1.165, 1.54) is 5.56 Å². The Hall–Kier alpha value is -2.55. The van der Waals surface area contributed by atoms with Crippen molar-refractivity contribution in [2.45, 2.75) is 13.8 Å². The van der Waals surface area contributed by atoms with Gasteiger partial charge < -0.3 is 10.5 Å². The standard InChI is InChI=1S/C17H16N2O/c1-11-5-7-15(12(2)10-11)20-16-8-6-14(18)13-4-3-9-19-17(13)16/h3-10H,18H2,1-2H3. The van der Waals surface area contributed by atoms with Crippen LogP contribution in [0.1, 0.15) is 11.1 Å². The van der Waals surface area contributed by atoms with Crippen molar-refractivity contribution in [2.24, 2.45) is 0 Å². The maximum absolute atomic E-state index is 6.01. The van der Waals surface area contributed by atoms with Gasteiger partial charge in [-0.05, 0) is 49.7 Å². The first-order chi connectivity index (χ1) is 9.65. The number of aryl methyl sites for hydroxylation is 2. The molecule has 0 aliphatic rings. The van der Waals surface area contributed by atoms with E-state index in [2.05, 4.69) is 18.0 Å². The Morgan fingerprint density at radius 1 is 1.00 bits per heavy atom. The molecule has 0 amide bonds. The summed E-state index contributed by atoms with van der Waals surface area (Å²) in [6, 6.07) is 13.7. The number of benzene rings is 2. The molecule has 3 heteroatoms. The van der Waals surface area contributed by atoms with E-state index in [0.29, 0.717) is 5.69 Å². The summed E-state index contributed by atoms with van der Waals surface area (Å²) in [5.41, 5.74) is 9.79. The average molecular weight is 264 g/mol. The Labute approximate surface area is 118 Å². The number of fused-ring (bicyclic) bond motifs is 1. The topological polar surface area (TPSA) is 48.1 Å². The summed E-state index contributed by atoms with van der Waals surface area (Å²) < 4.78 is 6.01. The van der Waals surface area contributed by atoms with Crippen LogP contribution in [0, 0.1) is 13.8 Å². The third-order valence-corrected chi connectivity index (χ3v) is 3.32. The molecule has 0 saturated heterocycles. The molecular formula is C17H16N2O. The zero-order valence-corrected chi connectivity index (χ0v) is 11.6. The van der Waals surface area contributed by atoms with E-state index in [0.717, 1.165) is 28.0 Å². The van der Waals surface area contributed by atoms with E-state index in [9.17, 15) is 0 Å². The minimum absolute atomic E-state index is 0.709. The number of ether oxygens (including phenoxy) is 1. The fourth-order valence-corrected chi connectivity index (χ4v) is 2.28. The highest BCUT2D eigenvalue weighted by atomic mass is 16.5. The Bertz CT molecular complexity index is 781. The van der Waals surface area contributed by atoms with Crippen LogP contribution in [0.5, 0.6) is 11.5 Å². The van der Waals surface area contributed by atoms with Gasteiger partial charge in [-0.25, -0.2) is 0 Å². The SMILES string of the molecule is Cc1ccc(Oc2ccc(N)c3cccnc23)c(C)c1. The molecule has 3 aromatic rings. The molecule has 0 spiro atoms. The number of hydrogen-bond acceptors (Lipinski definition) is 3. The van der Waals surface area contributed by atoms with Crippen molar-refractivity contribution in [2.75, 3.05) is 5.73 Å². The summed E-state index contributed by atoms with van der Waals surface area (Å²) in [7, 11) is 0.